The number of hydrogen-bond acceptors (Lipinski definition) is 3. The number of benzene rings is 2. The van der Waals surface area contributed by atoms with Crippen LogP contribution in [0.25, 0.3) is 0 Å². The number of nitrogens with zero attached hydrogens (tertiary/aromatic N) is 1. The lowest BCUT2D eigenvalue weighted by atomic mass is 10.0. The molecule has 0 bridgehead atoms. The Morgan fingerprint density at radius 2 is 1.90 bits per heavy atom. The van der Waals surface area contributed by atoms with E-state index in [1.165, 1.54) is 12.1 Å². The Balaban J connectivity index is 1.87. The Labute approximate surface area is 177 Å². The fraction of sp³-hybridized carbons (Fsp3) is 0.417. The molecule has 2 aromatic carbocycles. The van der Waals surface area contributed by atoms with Gasteiger partial charge >= 0.3 is 0 Å². The fourth-order valence-corrected chi connectivity index (χ4v) is 3.69. The average molecular weight is 413 g/mol. The molecule has 1 N–H and O–H groups in total. The van der Waals surface area contributed by atoms with Gasteiger partial charge in [0.2, 0.25) is 11.8 Å². The van der Waals surface area contributed by atoms with Crippen molar-refractivity contribution in [1.82, 2.24) is 10.2 Å². The summed E-state index contributed by atoms with van der Waals surface area (Å²) in [7, 11) is 0. The van der Waals surface area contributed by atoms with Crippen LogP contribution in [0.2, 0.25) is 0 Å². The number of amides is 2. The van der Waals surface area contributed by atoms with E-state index >= 15 is 0 Å². The largest absolute Gasteiger partial charge is 0.376 e. The second kappa shape index (κ2) is 10.9. The van der Waals surface area contributed by atoms with Crippen LogP contribution in [0.1, 0.15) is 49.8 Å². The van der Waals surface area contributed by atoms with Gasteiger partial charge in [0.1, 0.15) is 11.9 Å². The lowest BCUT2D eigenvalue weighted by molar-refractivity contribution is -0.141. The van der Waals surface area contributed by atoms with Crippen molar-refractivity contribution < 1.29 is 18.7 Å². The minimum Gasteiger partial charge on any atom is -0.376 e. The first kappa shape index (κ1) is 22.0. The van der Waals surface area contributed by atoms with Crippen molar-refractivity contribution in [2.45, 2.75) is 51.3 Å². The molecule has 1 heterocycles. The van der Waals surface area contributed by atoms with E-state index in [4.69, 9.17) is 4.74 Å². The Hall–Kier alpha value is -2.73. The van der Waals surface area contributed by atoms with E-state index in [2.05, 4.69) is 5.32 Å². The number of carbonyl (C=O) groups is 2. The van der Waals surface area contributed by atoms with E-state index in [0.29, 0.717) is 26.0 Å². The van der Waals surface area contributed by atoms with Gasteiger partial charge in [0.05, 0.1) is 6.10 Å². The summed E-state index contributed by atoms with van der Waals surface area (Å²) >= 11 is 0. The lowest BCUT2D eigenvalue weighted by Crippen LogP contribution is -2.45. The van der Waals surface area contributed by atoms with Crippen LogP contribution in [-0.4, -0.2) is 36.0 Å². The summed E-state index contributed by atoms with van der Waals surface area (Å²) in [4.78, 5) is 27.9. The topological polar surface area (TPSA) is 58.6 Å². The Morgan fingerprint density at radius 1 is 1.17 bits per heavy atom. The van der Waals surface area contributed by atoms with Gasteiger partial charge in [-0.05, 0) is 42.5 Å². The van der Waals surface area contributed by atoms with Crippen LogP contribution in [0.5, 0.6) is 0 Å². The normalized spacial score (nSPS) is 16.8. The number of halogens is 1. The number of nitrogens with one attached hydrogen (secondary N) is 1. The molecule has 160 valence electrons. The summed E-state index contributed by atoms with van der Waals surface area (Å²) in [6, 6.07) is 14.6. The molecule has 6 heteroatoms. The van der Waals surface area contributed by atoms with Gasteiger partial charge in [-0.2, -0.15) is 0 Å². The first-order valence-corrected chi connectivity index (χ1v) is 10.6. The van der Waals surface area contributed by atoms with Gasteiger partial charge in [-0.1, -0.05) is 49.4 Å². The smallest absolute Gasteiger partial charge is 0.247 e. The van der Waals surface area contributed by atoms with Crippen molar-refractivity contribution >= 4 is 11.8 Å². The predicted molar refractivity (Wildman–Crippen MR) is 113 cm³/mol. The van der Waals surface area contributed by atoms with Crippen LogP contribution in [-0.2, 0) is 20.9 Å². The van der Waals surface area contributed by atoms with Crippen molar-refractivity contribution in [2.24, 2.45) is 0 Å². The molecule has 0 unspecified atom stereocenters. The molecule has 0 aromatic heterocycles. The number of rotatable bonds is 9. The van der Waals surface area contributed by atoms with Gasteiger partial charge in [0.25, 0.3) is 0 Å². The molecule has 0 aliphatic carbocycles. The van der Waals surface area contributed by atoms with Crippen LogP contribution in [0, 0.1) is 5.82 Å². The van der Waals surface area contributed by atoms with Crippen molar-refractivity contribution in [3.8, 4) is 0 Å². The molecule has 0 spiro atoms. The molecular weight excluding hydrogens is 383 g/mol. The SMILES string of the molecule is CCCC(=O)N(Cc1ccc(F)cc1)[C@@H](C(=O)NC[C@@H]1CCCO1)c1ccccc1. The predicted octanol–water partition coefficient (Wildman–Crippen LogP) is 3.99. The van der Waals surface area contributed by atoms with Crippen LogP contribution in [0.15, 0.2) is 54.6 Å². The molecule has 1 aliphatic heterocycles. The molecule has 1 aliphatic rings. The molecule has 30 heavy (non-hydrogen) atoms. The van der Waals surface area contributed by atoms with Gasteiger partial charge in [0, 0.05) is 26.1 Å². The second-order valence-electron chi connectivity index (χ2n) is 7.59. The van der Waals surface area contributed by atoms with Gasteiger partial charge in [-0.3, -0.25) is 9.59 Å². The molecule has 2 amide bonds. The molecule has 0 saturated carbocycles. The summed E-state index contributed by atoms with van der Waals surface area (Å²) in [5.41, 5.74) is 1.52. The van der Waals surface area contributed by atoms with E-state index in [1.807, 2.05) is 37.3 Å². The zero-order chi connectivity index (χ0) is 21.3. The van der Waals surface area contributed by atoms with Crippen LogP contribution in [0.4, 0.5) is 4.39 Å². The minimum absolute atomic E-state index is 0.0160. The van der Waals surface area contributed by atoms with Crippen LogP contribution < -0.4 is 5.32 Å². The number of ether oxygens (including phenoxy) is 1. The van der Waals surface area contributed by atoms with Crippen molar-refractivity contribution in [2.75, 3.05) is 13.2 Å². The highest BCUT2D eigenvalue weighted by Crippen LogP contribution is 2.25. The standard InChI is InChI=1S/C24H29FN2O3/c1-2-7-22(28)27(17-18-11-13-20(25)14-12-18)23(19-8-4-3-5-9-19)24(29)26-16-21-10-6-15-30-21/h3-5,8-9,11-14,21,23H,2,6-7,10,15-17H2,1H3,(H,26,29)/t21-,23+/m0/s1. The van der Waals surface area contributed by atoms with E-state index in [9.17, 15) is 14.0 Å². The molecule has 2 atom stereocenters. The Morgan fingerprint density at radius 3 is 2.53 bits per heavy atom. The van der Waals surface area contributed by atoms with Gasteiger partial charge < -0.3 is 15.0 Å². The molecule has 0 radical (unpaired) electrons. The minimum atomic E-state index is -0.767. The average Bonchev–Trinajstić information content (AvgIpc) is 3.28. The van der Waals surface area contributed by atoms with E-state index in [-0.39, 0.29) is 30.3 Å². The highest BCUT2D eigenvalue weighted by atomic mass is 19.1. The van der Waals surface area contributed by atoms with Crippen molar-refractivity contribution in [3.05, 3.63) is 71.5 Å². The summed E-state index contributed by atoms with van der Waals surface area (Å²) < 4.78 is 19.0. The summed E-state index contributed by atoms with van der Waals surface area (Å²) in [5, 5.41) is 2.98. The van der Waals surface area contributed by atoms with Gasteiger partial charge in [-0.15, -0.1) is 0 Å². The first-order valence-electron chi connectivity index (χ1n) is 10.6. The third-order valence-electron chi connectivity index (χ3n) is 5.25. The van der Waals surface area contributed by atoms with Crippen LogP contribution in [0.3, 0.4) is 0 Å². The summed E-state index contributed by atoms with van der Waals surface area (Å²) in [6.07, 6.45) is 2.95. The lowest BCUT2D eigenvalue weighted by Gasteiger charge is -2.32. The summed E-state index contributed by atoms with van der Waals surface area (Å²) in [5.74, 6) is -0.676. The Kier molecular flexibility index (Phi) is 7.97. The zero-order valence-corrected chi connectivity index (χ0v) is 17.4. The Bertz CT molecular complexity index is 820. The quantitative estimate of drug-likeness (QED) is 0.678. The third kappa shape index (κ3) is 5.89. The molecule has 2 aromatic rings. The van der Waals surface area contributed by atoms with Crippen LogP contribution >= 0.6 is 0 Å². The van der Waals surface area contributed by atoms with Gasteiger partial charge in [-0.25, -0.2) is 4.39 Å². The van der Waals surface area contributed by atoms with Gasteiger partial charge in [0.15, 0.2) is 0 Å². The van der Waals surface area contributed by atoms with E-state index in [0.717, 1.165) is 24.0 Å². The van der Waals surface area contributed by atoms with E-state index < -0.39 is 6.04 Å². The molecule has 1 saturated heterocycles. The van der Waals surface area contributed by atoms with Crippen molar-refractivity contribution in [3.63, 3.8) is 0 Å². The molecular formula is C24H29FN2O3. The maximum Gasteiger partial charge on any atom is 0.247 e. The molecule has 3 rings (SSSR count). The maximum atomic E-state index is 13.3. The molecule has 5 nitrogen and oxygen atoms in total. The zero-order valence-electron chi connectivity index (χ0n) is 17.4. The second-order valence-corrected chi connectivity index (χ2v) is 7.59. The fourth-order valence-electron chi connectivity index (χ4n) is 3.69. The summed E-state index contributed by atoms with van der Waals surface area (Å²) in [6.45, 7) is 3.30. The maximum absolute atomic E-state index is 13.3. The highest BCUT2D eigenvalue weighted by Gasteiger charge is 2.31. The highest BCUT2D eigenvalue weighted by molar-refractivity contribution is 5.88. The first-order chi connectivity index (χ1) is 14.6. The molecule has 1 fully saturated rings. The number of carbonyl (C=O) groups excluding carboxylic acids is 2. The third-order valence-corrected chi connectivity index (χ3v) is 5.25. The number of hydrogen-bond donors (Lipinski definition) is 1. The van der Waals surface area contributed by atoms with Crippen molar-refractivity contribution in [1.29, 1.82) is 0 Å². The monoisotopic (exact) mass is 412 g/mol. The van der Waals surface area contributed by atoms with E-state index in [1.54, 1.807) is 17.0 Å².